The van der Waals surface area contributed by atoms with E-state index in [4.69, 9.17) is 4.65 Å². The second-order valence-electron chi connectivity index (χ2n) is 8.08. The zero-order valence-corrected chi connectivity index (χ0v) is 15.2. The first-order chi connectivity index (χ1) is 9.79. The third kappa shape index (κ3) is 3.92. The first kappa shape index (κ1) is 18.8. The summed E-state index contributed by atoms with van der Waals surface area (Å²) in [7, 11) is 0. The molecule has 0 fully saturated rings. The zero-order chi connectivity index (χ0) is 17.3. The van der Waals surface area contributed by atoms with E-state index in [1.807, 2.05) is 31.1 Å². The number of benzene rings is 1. The Morgan fingerprint density at radius 1 is 1.09 bits per heavy atom. The smallest absolute Gasteiger partial charge is 0.324 e. The lowest BCUT2D eigenvalue weighted by molar-refractivity contribution is -0.142. The lowest BCUT2D eigenvalue weighted by Gasteiger charge is -2.41. The molecule has 0 aliphatic carbocycles. The van der Waals surface area contributed by atoms with Gasteiger partial charge in [-0.2, -0.15) is 0 Å². The lowest BCUT2D eigenvalue weighted by Crippen LogP contribution is -2.47. The number of hydrogen-bond donors (Lipinski definition) is 1. The van der Waals surface area contributed by atoms with Gasteiger partial charge in [-0.1, -0.05) is 51.9 Å². The van der Waals surface area contributed by atoms with E-state index in [0.717, 1.165) is 11.0 Å². The van der Waals surface area contributed by atoms with Gasteiger partial charge in [-0.15, -0.1) is 0 Å². The molecule has 0 aliphatic heterocycles. The summed E-state index contributed by atoms with van der Waals surface area (Å²) in [6.45, 7) is 16.0. The van der Waals surface area contributed by atoms with Gasteiger partial charge in [0.15, 0.2) is 0 Å². The fraction of sp³-hybridized carbons (Fsp3) is 0.611. The Bertz CT molecular complexity index is 542. The van der Waals surface area contributed by atoms with E-state index in [1.165, 1.54) is 0 Å². The number of rotatable bonds is 5. The molecule has 1 rings (SSSR count). The van der Waals surface area contributed by atoms with Crippen molar-refractivity contribution in [1.82, 2.24) is 0 Å². The van der Waals surface area contributed by atoms with Crippen molar-refractivity contribution in [2.75, 3.05) is 0 Å². The summed E-state index contributed by atoms with van der Waals surface area (Å²) in [5, 5.41) is 9.39. The molecule has 0 radical (unpaired) electrons. The summed E-state index contributed by atoms with van der Waals surface area (Å²) in [4.78, 5) is 11.4. The molecule has 1 aromatic carbocycles. The highest BCUT2D eigenvalue weighted by Gasteiger charge is 2.36. The maximum atomic E-state index is 11.4. The first-order valence-electron chi connectivity index (χ1n) is 7.80. The summed E-state index contributed by atoms with van der Waals surface area (Å²) >= 11 is 0. The van der Waals surface area contributed by atoms with E-state index < -0.39 is 11.4 Å². The highest BCUT2D eigenvalue weighted by molar-refractivity contribution is 6.66. The van der Waals surface area contributed by atoms with Gasteiger partial charge in [0.2, 0.25) is 0 Å². The van der Waals surface area contributed by atoms with Crippen molar-refractivity contribution in [3.8, 4) is 0 Å². The van der Waals surface area contributed by atoms with Crippen LogP contribution in [0.15, 0.2) is 24.3 Å². The second-order valence-corrected chi connectivity index (χ2v) is 8.08. The molecule has 0 aromatic heterocycles. The molecule has 3 nitrogen and oxygen atoms in total. The average Bonchev–Trinajstić information content (AvgIpc) is 2.36. The standard InChI is InChI=1S/C18H29BO3/c1-16(2,3)18(6,7)22-19(8)14-11-9-10-13(12-14)17(4,5)15(20)21/h9-12H,1-8H3,(H,20,21). The zero-order valence-electron chi connectivity index (χ0n) is 15.2. The maximum absolute atomic E-state index is 11.4. The molecule has 0 atom stereocenters. The number of carboxylic acid groups (broad SMARTS) is 1. The Morgan fingerprint density at radius 2 is 1.64 bits per heavy atom. The molecule has 0 aliphatic rings. The molecule has 122 valence electrons. The van der Waals surface area contributed by atoms with Crippen LogP contribution in [0.25, 0.3) is 0 Å². The van der Waals surface area contributed by atoms with Crippen LogP contribution < -0.4 is 5.46 Å². The molecule has 1 N–H and O–H groups in total. The molecular weight excluding hydrogens is 275 g/mol. The van der Waals surface area contributed by atoms with Crippen LogP contribution >= 0.6 is 0 Å². The molecule has 0 heterocycles. The summed E-state index contributed by atoms with van der Waals surface area (Å²) < 4.78 is 6.27. The molecule has 4 heteroatoms. The van der Waals surface area contributed by atoms with Crippen LogP contribution in [0.1, 0.15) is 54.0 Å². The minimum absolute atomic E-state index is 0.0131. The summed E-state index contributed by atoms with van der Waals surface area (Å²) in [6.07, 6.45) is 0. The van der Waals surface area contributed by atoms with Crippen LogP contribution in [-0.4, -0.2) is 23.6 Å². The highest BCUT2D eigenvalue weighted by atomic mass is 16.5. The quantitative estimate of drug-likeness (QED) is 0.843. The Hall–Kier alpha value is -1.29. The Kier molecular flexibility index (Phi) is 5.18. The largest absolute Gasteiger partial charge is 0.481 e. The summed E-state index contributed by atoms with van der Waals surface area (Å²) in [6, 6.07) is 7.70. The minimum atomic E-state index is -0.907. The predicted octanol–water partition coefficient (Wildman–Crippen LogP) is 3.72. The summed E-state index contributed by atoms with van der Waals surface area (Å²) in [5.74, 6) is -0.826. The van der Waals surface area contributed by atoms with Crippen molar-refractivity contribution in [1.29, 1.82) is 0 Å². The average molecular weight is 304 g/mol. The Morgan fingerprint density at radius 3 is 2.09 bits per heavy atom. The molecule has 0 spiro atoms. The van der Waals surface area contributed by atoms with Crippen molar-refractivity contribution in [3.05, 3.63) is 29.8 Å². The van der Waals surface area contributed by atoms with E-state index in [2.05, 4.69) is 34.6 Å². The van der Waals surface area contributed by atoms with Crippen LogP contribution in [0.5, 0.6) is 0 Å². The van der Waals surface area contributed by atoms with Gasteiger partial charge in [-0.05, 0) is 44.1 Å². The molecule has 0 bridgehead atoms. The lowest BCUT2D eigenvalue weighted by atomic mass is 9.61. The molecular formula is C18H29BO3. The molecule has 0 saturated heterocycles. The maximum Gasteiger partial charge on any atom is 0.324 e. The van der Waals surface area contributed by atoms with Gasteiger partial charge in [0.25, 0.3) is 0 Å². The van der Waals surface area contributed by atoms with E-state index in [1.54, 1.807) is 13.8 Å². The fourth-order valence-corrected chi connectivity index (χ4v) is 1.99. The van der Waals surface area contributed by atoms with Gasteiger partial charge < -0.3 is 9.76 Å². The predicted molar refractivity (Wildman–Crippen MR) is 93.0 cm³/mol. The van der Waals surface area contributed by atoms with E-state index in [0.29, 0.717) is 0 Å². The summed E-state index contributed by atoms with van der Waals surface area (Å²) in [5.41, 5.74) is 0.616. The molecule has 0 saturated carbocycles. The first-order valence-corrected chi connectivity index (χ1v) is 7.80. The van der Waals surface area contributed by atoms with Crippen LogP contribution in [0.3, 0.4) is 0 Å². The van der Waals surface area contributed by atoms with Crippen molar-refractivity contribution in [2.45, 2.75) is 66.3 Å². The number of carbonyl (C=O) groups is 1. The van der Waals surface area contributed by atoms with E-state index >= 15 is 0 Å². The van der Waals surface area contributed by atoms with Gasteiger partial charge in [-0.3, -0.25) is 4.79 Å². The number of carboxylic acids is 1. The van der Waals surface area contributed by atoms with Gasteiger partial charge >= 0.3 is 12.9 Å². The normalized spacial score (nSPS) is 13.1. The van der Waals surface area contributed by atoms with Gasteiger partial charge in [0.1, 0.15) is 0 Å². The molecule has 22 heavy (non-hydrogen) atoms. The topological polar surface area (TPSA) is 46.5 Å². The Labute approximate surface area is 135 Å². The van der Waals surface area contributed by atoms with E-state index in [-0.39, 0.29) is 17.9 Å². The monoisotopic (exact) mass is 304 g/mol. The van der Waals surface area contributed by atoms with Crippen LogP contribution in [0, 0.1) is 5.41 Å². The minimum Gasteiger partial charge on any atom is -0.481 e. The third-order valence-electron chi connectivity index (χ3n) is 4.89. The highest BCUT2D eigenvalue weighted by Crippen LogP contribution is 2.33. The third-order valence-corrected chi connectivity index (χ3v) is 4.89. The van der Waals surface area contributed by atoms with Crippen molar-refractivity contribution < 1.29 is 14.6 Å². The van der Waals surface area contributed by atoms with Crippen molar-refractivity contribution in [2.24, 2.45) is 5.41 Å². The SMILES string of the molecule is CB(OC(C)(C)C(C)(C)C)c1cccc(C(C)(C)C(=O)O)c1. The van der Waals surface area contributed by atoms with Crippen LogP contribution in [0.2, 0.25) is 6.82 Å². The number of hydrogen-bond acceptors (Lipinski definition) is 2. The second kappa shape index (κ2) is 6.07. The fourth-order valence-electron chi connectivity index (χ4n) is 1.99. The van der Waals surface area contributed by atoms with Crippen molar-refractivity contribution in [3.63, 3.8) is 0 Å². The molecule has 0 amide bonds. The van der Waals surface area contributed by atoms with Crippen LogP contribution in [-0.2, 0) is 14.9 Å². The van der Waals surface area contributed by atoms with E-state index in [9.17, 15) is 9.90 Å². The van der Waals surface area contributed by atoms with Gasteiger partial charge in [-0.25, -0.2) is 0 Å². The van der Waals surface area contributed by atoms with Crippen LogP contribution in [0.4, 0.5) is 0 Å². The molecule has 1 aromatic rings. The van der Waals surface area contributed by atoms with Gasteiger partial charge in [0.05, 0.1) is 11.0 Å². The van der Waals surface area contributed by atoms with Gasteiger partial charge in [0, 0.05) is 0 Å². The Balaban J connectivity index is 3.07. The molecule has 0 unspecified atom stereocenters. The van der Waals surface area contributed by atoms with Crippen molar-refractivity contribution >= 4 is 18.3 Å². The number of aliphatic carboxylic acids is 1.